The van der Waals surface area contributed by atoms with E-state index in [1.54, 1.807) is 0 Å². The van der Waals surface area contributed by atoms with Crippen LogP contribution in [0.3, 0.4) is 0 Å². The van der Waals surface area contributed by atoms with E-state index in [9.17, 15) is 0 Å². The van der Waals surface area contributed by atoms with E-state index < -0.39 is 0 Å². The third-order valence-corrected chi connectivity index (χ3v) is 3.00. The van der Waals surface area contributed by atoms with Gasteiger partial charge < -0.3 is 10.2 Å². The topological polar surface area (TPSA) is 41.0 Å². The van der Waals surface area contributed by atoms with Gasteiger partial charge in [-0.1, -0.05) is 41.5 Å². The smallest absolute Gasteiger partial charge is 0.135 e. The van der Waals surface area contributed by atoms with Gasteiger partial charge >= 0.3 is 0 Å². The maximum absolute atomic E-state index is 4.76. The van der Waals surface area contributed by atoms with Crippen LogP contribution in [0.4, 0.5) is 11.6 Å². The molecular weight excluding hydrogens is 248 g/mol. The molecule has 0 bridgehead atoms. The highest BCUT2D eigenvalue weighted by Gasteiger charge is 2.15. The first-order valence-electron chi connectivity index (χ1n) is 7.65. The second-order valence-electron chi connectivity index (χ2n) is 6.57. The Labute approximate surface area is 124 Å². The van der Waals surface area contributed by atoms with Crippen LogP contribution < -0.4 is 10.2 Å². The fraction of sp³-hybridized carbons (Fsp3) is 0.750. The van der Waals surface area contributed by atoms with Gasteiger partial charge in [0, 0.05) is 32.1 Å². The molecule has 1 aromatic rings. The lowest BCUT2D eigenvalue weighted by Crippen LogP contribution is -2.32. The molecule has 114 valence electrons. The lowest BCUT2D eigenvalue weighted by molar-refractivity contribution is 0.547. The quantitative estimate of drug-likeness (QED) is 0.824. The highest BCUT2D eigenvalue weighted by Crippen LogP contribution is 2.21. The minimum absolute atomic E-state index is 0.335. The molecular formula is C16H30N4. The van der Waals surface area contributed by atoms with E-state index in [-0.39, 0.29) is 0 Å². The van der Waals surface area contributed by atoms with Crippen LogP contribution in [0.2, 0.25) is 0 Å². The zero-order valence-electron chi connectivity index (χ0n) is 14.1. The van der Waals surface area contributed by atoms with Crippen molar-refractivity contribution in [2.45, 2.75) is 47.5 Å². The number of nitrogens with zero attached hydrogens (tertiary/aromatic N) is 3. The number of anilines is 2. The number of aromatic nitrogens is 2. The van der Waals surface area contributed by atoms with Gasteiger partial charge in [0.05, 0.1) is 0 Å². The zero-order valence-corrected chi connectivity index (χ0v) is 14.1. The van der Waals surface area contributed by atoms with Gasteiger partial charge in [-0.15, -0.1) is 0 Å². The van der Waals surface area contributed by atoms with Crippen molar-refractivity contribution in [3.63, 3.8) is 0 Å². The molecule has 0 saturated heterocycles. The number of rotatable bonds is 7. The minimum Gasteiger partial charge on any atom is -0.373 e. The first kappa shape index (κ1) is 16.7. The van der Waals surface area contributed by atoms with E-state index in [2.05, 4.69) is 62.8 Å². The summed E-state index contributed by atoms with van der Waals surface area (Å²) in [5, 5.41) is 3.15. The highest BCUT2D eigenvalue weighted by atomic mass is 15.2. The predicted octanol–water partition coefficient (Wildman–Crippen LogP) is 3.76. The van der Waals surface area contributed by atoms with Crippen LogP contribution in [0, 0.1) is 11.8 Å². The van der Waals surface area contributed by atoms with Gasteiger partial charge in [-0.2, -0.15) is 0 Å². The summed E-state index contributed by atoms with van der Waals surface area (Å²) in [4.78, 5) is 11.7. The predicted molar refractivity (Wildman–Crippen MR) is 87.6 cm³/mol. The SMILES string of the molecule is CNc1cc(N(CC(C)C)CC(C)C)nc(C(C)C)n1. The standard InChI is InChI=1S/C16H30N4/c1-11(2)9-20(10-12(3)4)15-8-14(17-7)18-16(19-15)13(5)6/h8,11-13H,9-10H2,1-7H3,(H,17,18,19). The molecule has 4 nitrogen and oxygen atoms in total. The number of hydrogen-bond acceptors (Lipinski definition) is 4. The monoisotopic (exact) mass is 278 g/mol. The first-order valence-corrected chi connectivity index (χ1v) is 7.65. The van der Waals surface area contributed by atoms with E-state index in [1.807, 2.05) is 7.05 Å². The van der Waals surface area contributed by atoms with E-state index >= 15 is 0 Å². The summed E-state index contributed by atoms with van der Waals surface area (Å²) in [5.41, 5.74) is 0. The maximum Gasteiger partial charge on any atom is 0.135 e. The maximum atomic E-state index is 4.76. The Balaban J connectivity index is 3.13. The van der Waals surface area contributed by atoms with Crippen LogP contribution in [-0.4, -0.2) is 30.1 Å². The van der Waals surface area contributed by atoms with Gasteiger partial charge in [0.2, 0.25) is 0 Å². The summed E-state index contributed by atoms with van der Waals surface area (Å²) in [6.45, 7) is 15.3. The number of nitrogens with one attached hydrogen (secondary N) is 1. The third kappa shape index (κ3) is 4.99. The molecule has 1 heterocycles. The summed E-state index contributed by atoms with van der Waals surface area (Å²) in [5.74, 6) is 4.41. The van der Waals surface area contributed by atoms with Crippen molar-refractivity contribution in [3.8, 4) is 0 Å². The molecule has 0 aliphatic rings. The molecule has 0 aliphatic heterocycles. The Morgan fingerprint density at radius 3 is 1.95 bits per heavy atom. The lowest BCUT2D eigenvalue weighted by Gasteiger charge is -2.28. The molecule has 0 spiro atoms. The molecule has 0 amide bonds. The molecule has 1 N–H and O–H groups in total. The Kier molecular flexibility index (Phi) is 6.24. The molecule has 0 radical (unpaired) electrons. The number of hydrogen-bond donors (Lipinski definition) is 1. The van der Waals surface area contributed by atoms with Gasteiger partial charge in [0.1, 0.15) is 17.5 Å². The molecule has 20 heavy (non-hydrogen) atoms. The van der Waals surface area contributed by atoms with E-state index in [4.69, 9.17) is 4.98 Å². The summed E-state index contributed by atoms with van der Waals surface area (Å²) in [7, 11) is 1.91. The third-order valence-electron chi connectivity index (χ3n) is 3.00. The fourth-order valence-electron chi connectivity index (χ4n) is 2.14. The molecule has 0 unspecified atom stereocenters. The summed E-state index contributed by atoms with van der Waals surface area (Å²) in [6, 6.07) is 2.05. The Hall–Kier alpha value is -1.32. The normalized spacial score (nSPS) is 11.5. The summed E-state index contributed by atoms with van der Waals surface area (Å²) in [6.07, 6.45) is 0. The molecule has 0 fully saturated rings. The fourth-order valence-corrected chi connectivity index (χ4v) is 2.14. The van der Waals surface area contributed by atoms with Crippen LogP contribution in [0.5, 0.6) is 0 Å². The molecule has 1 aromatic heterocycles. The van der Waals surface area contributed by atoms with E-state index in [1.165, 1.54) is 0 Å². The van der Waals surface area contributed by atoms with Crippen LogP contribution in [-0.2, 0) is 0 Å². The molecule has 1 rings (SSSR count). The highest BCUT2D eigenvalue weighted by molar-refractivity contribution is 5.49. The molecule has 0 atom stereocenters. The van der Waals surface area contributed by atoms with Crippen molar-refractivity contribution in [1.29, 1.82) is 0 Å². The Morgan fingerprint density at radius 2 is 1.55 bits per heavy atom. The van der Waals surface area contributed by atoms with Crippen LogP contribution in [0.15, 0.2) is 6.07 Å². The Morgan fingerprint density at radius 1 is 1.00 bits per heavy atom. The van der Waals surface area contributed by atoms with Gasteiger partial charge in [-0.3, -0.25) is 0 Å². The van der Waals surface area contributed by atoms with Crippen LogP contribution >= 0.6 is 0 Å². The average molecular weight is 278 g/mol. The zero-order chi connectivity index (χ0) is 15.3. The minimum atomic E-state index is 0.335. The molecule has 0 aliphatic carbocycles. The second kappa shape index (κ2) is 7.46. The van der Waals surface area contributed by atoms with Crippen molar-refractivity contribution in [2.75, 3.05) is 30.4 Å². The summed E-state index contributed by atoms with van der Waals surface area (Å²) >= 11 is 0. The molecule has 0 saturated carbocycles. The van der Waals surface area contributed by atoms with Gasteiger partial charge in [-0.25, -0.2) is 9.97 Å². The Bertz CT molecular complexity index is 403. The lowest BCUT2D eigenvalue weighted by atomic mass is 10.1. The molecule has 0 aromatic carbocycles. The van der Waals surface area contributed by atoms with E-state index in [0.29, 0.717) is 17.8 Å². The van der Waals surface area contributed by atoms with Crippen molar-refractivity contribution >= 4 is 11.6 Å². The van der Waals surface area contributed by atoms with Crippen LogP contribution in [0.1, 0.15) is 53.3 Å². The second-order valence-corrected chi connectivity index (χ2v) is 6.57. The average Bonchev–Trinajstić information content (AvgIpc) is 2.36. The van der Waals surface area contributed by atoms with Crippen molar-refractivity contribution < 1.29 is 0 Å². The summed E-state index contributed by atoms with van der Waals surface area (Å²) < 4.78 is 0. The van der Waals surface area contributed by atoms with Crippen molar-refractivity contribution in [2.24, 2.45) is 11.8 Å². The largest absolute Gasteiger partial charge is 0.373 e. The molecule has 4 heteroatoms. The van der Waals surface area contributed by atoms with Gasteiger partial charge in [0.15, 0.2) is 0 Å². The van der Waals surface area contributed by atoms with Crippen molar-refractivity contribution in [1.82, 2.24) is 9.97 Å². The van der Waals surface area contributed by atoms with Gasteiger partial charge in [-0.05, 0) is 11.8 Å². The van der Waals surface area contributed by atoms with Crippen molar-refractivity contribution in [3.05, 3.63) is 11.9 Å². The van der Waals surface area contributed by atoms with Gasteiger partial charge in [0.25, 0.3) is 0 Å². The first-order chi connectivity index (χ1) is 9.33. The van der Waals surface area contributed by atoms with E-state index in [0.717, 1.165) is 30.5 Å². The van der Waals surface area contributed by atoms with Crippen LogP contribution in [0.25, 0.3) is 0 Å².